The molecule has 0 aromatic carbocycles. The molecule has 0 spiro atoms. The molecule has 0 aliphatic carbocycles. The van der Waals surface area contributed by atoms with Gasteiger partial charge in [0.25, 0.3) is 5.95 Å². The van der Waals surface area contributed by atoms with Gasteiger partial charge in [-0.25, -0.2) is 4.68 Å². The number of aromatic nitrogens is 5. The minimum Gasteiger partial charge on any atom is -0.383 e. The summed E-state index contributed by atoms with van der Waals surface area (Å²) < 4.78 is 6.75. The lowest BCUT2D eigenvalue weighted by Gasteiger charge is -2.21. The number of hydrogen-bond acceptors (Lipinski definition) is 7. The van der Waals surface area contributed by atoms with Crippen molar-refractivity contribution in [2.45, 2.75) is 13.8 Å². The molecule has 2 heterocycles. The highest BCUT2D eigenvalue weighted by atomic mass is 16.5. The van der Waals surface area contributed by atoms with E-state index in [9.17, 15) is 0 Å². The van der Waals surface area contributed by atoms with Gasteiger partial charge in [0, 0.05) is 39.1 Å². The van der Waals surface area contributed by atoms with Crippen LogP contribution in [0.1, 0.15) is 13.8 Å². The molecule has 8 heteroatoms. The first kappa shape index (κ1) is 15.2. The molecular formula is C13H21N7O. The van der Waals surface area contributed by atoms with E-state index in [1.807, 2.05) is 17.9 Å². The summed E-state index contributed by atoms with van der Waals surface area (Å²) in [6.07, 6.45) is 3.50. The van der Waals surface area contributed by atoms with Gasteiger partial charge >= 0.3 is 0 Å². The van der Waals surface area contributed by atoms with E-state index in [1.165, 1.54) is 0 Å². The minimum atomic E-state index is 0.497. The maximum absolute atomic E-state index is 5.13. The van der Waals surface area contributed by atoms with E-state index in [1.54, 1.807) is 24.2 Å². The Kier molecular flexibility index (Phi) is 5.44. The summed E-state index contributed by atoms with van der Waals surface area (Å²) in [4.78, 5) is 15.4. The van der Waals surface area contributed by atoms with Crippen LogP contribution in [0.5, 0.6) is 0 Å². The molecule has 2 rings (SSSR count). The van der Waals surface area contributed by atoms with Crippen LogP contribution >= 0.6 is 0 Å². The SMILES string of the molecule is CCNc1nc(N(CC)CCOC)nc(-n2cccn2)n1. The van der Waals surface area contributed by atoms with Crippen molar-refractivity contribution >= 4 is 11.9 Å². The monoisotopic (exact) mass is 291 g/mol. The van der Waals surface area contributed by atoms with Gasteiger partial charge in [0.15, 0.2) is 0 Å². The van der Waals surface area contributed by atoms with Crippen molar-refractivity contribution in [3.63, 3.8) is 0 Å². The molecule has 2 aromatic heterocycles. The molecule has 0 saturated heterocycles. The zero-order chi connectivity index (χ0) is 15.1. The molecule has 0 atom stereocenters. The Morgan fingerprint density at radius 1 is 1.29 bits per heavy atom. The van der Waals surface area contributed by atoms with Crippen molar-refractivity contribution < 1.29 is 4.74 Å². The van der Waals surface area contributed by atoms with Crippen LogP contribution in [0.15, 0.2) is 18.5 Å². The first-order valence-corrected chi connectivity index (χ1v) is 7.02. The van der Waals surface area contributed by atoms with Gasteiger partial charge in [-0.1, -0.05) is 0 Å². The smallest absolute Gasteiger partial charge is 0.257 e. The lowest BCUT2D eigenvalue weighted by Crippen LogP contribution is -2.29. The predicted molar refractivity (Wildman–Crippen MR) is 80.9 cm³/mol. The van der Waals surface area contributed by atoms with E-state index in [4.69, 9.17) is 4.74 Å². The van der Waals surface area contributed by atoms with E-state index in [2.05, 4.69) is 32.3 Å². The summed E-state index contributed by atoms with van der Waals surface area (Å²) in [5, 5.41) is 7.29. The van der Waals surface area contributed by atoms with E-state index >= 15 is 0 Å². The van der Waals surface area contributed by atoms with Crippen molar-refractivity contribution in [1.29, 1.82) is 0 Å². The minimum absolute atomic E-state index is 0.497. The number of nitrogens with zero attached hydrogens (tertiary/aromatic N) is 6. The Hall–Kier alpha value is -2.22. The van der Waals surface area contributed by atoms with E-state index in [0.717, 1.165) is 19.6 Å². The van der Waals surface area contributed by atoms with Crippen molar-refractivity contribution in [2.24, 2.45) is 0 Å². The van der Waals surface area contributed by atoms with Crippen molar-refractivity contribution in [3.05, 3.63) is 18.5 Å². The molecule has 21 heavy (non-hydrogen) atoms. The molecule has 114 valence electrons. The van der Waals surface area contributed by atoms with Crippen LogP contribution in [-0.2, 0) is 4.74 Å². The number of likely N-dealkylation sites (N-methyl/N-ethyl adjacent to an activating group) is 1. The molecule has 0 radical (unpaired) electrons. The maximum Gasteiger partial charge on any atom is 0.257 e. The summed E-state index contributed by atoms with van der Waals surface area (Å²) >= 11 is 0. The zero-order valence-corrected chi connectivity index (χ0v) is 12.7. The van der Waals surface area contributed by atoms with Crippen molar-refractivity contribution in [3.8, 4) is 5.95 Å². The standard InChI is InChI=1S/C13H21N7O/c1-4-14-11-16-12(19(5-2)9-10-21-3)18-13(17-11)20-8-6-7-15-20/h6-8H,4-5,9-10H2,1-3H3,(H,14,16,17,18). The van der Waals surface area contributed by atoms with Crippen LogP contribution in [0, 0.1) is 0 Å². The van der Waals surface area contributed by atoms with E-state index in [-0.39, 0.29) is 0 Å². The summed E-state index contributed by atoms with van der Waals surface area (Å²) in [6.45, 7) is 6.93. The number of methoxy groups -OCH3 is 1. The number of rotatable bonds is 8. The quantitative estimate of drug-likeness (QED) is 0.775. The van der Waals surface area contributed by atoms with Crippen LogP contribution < -0.4 is 10.2 Å². The number of anilines is 2. The third-order valence-corrected chi connectivity index (χ3v) is 2.89. The second-order valence-electron chi connectivity index (χ2n) is 4.31. The molecule has 0 amide bonds. The average molecular weight is 291 g/mol. The highest BCUT2D eigenvalue weighted by Gasteiger charge is 2.13. The molecular weight excluding hydrogens is 270 g/mol. The second kappa shape index (κ2) is 7.53. The first-order valence-electron chi connectivity index (χ1n) is 7.02. The van der Waals surface area contributed by atoms with Gasteiger partial charge in [-0.15, -0.1) is 0 Å². The molecule has 1 N–H and O–H groups in total. The Bertz CT molecular complexity index is 543. The third-order valence-electron chi connectivity index (χ3n) is 2.89. The Labute approximate surface area is 124 Å². The summed E-state index contributed by atoms with van der Waals surface area (Å²) in [7, 11) is 1.68. The highest BCUT2D eigenvalue weighted by molar-refractivity contribution is 5.39. The summed E-state index contributed by atoms with van der Waals surface area (Å²) in [6, 6.07) is 1.83. The fourth-order valence-corrected chi connectivity index (χ4v) is 1.82. The Morgan fingerprint density at radius 3 is 2.76 bits per heavy atom. The highest BCUT2D eigenvalue weighted by Crippen LogP contribution is 2.12. The fraction of sp³-hybridized carbons (Fsp3) is 0.538. The van der Waals surface area contributed by atoms with Gasteiger partial charge in [-0.05, 0) is 19.9 Å². The maximum atomic E-state index is 5.13. The van der Waals surface area contributed by atoms with Gasteiger partial charge < -0.3 is 15.0 Å². The van der Waals surface area contributed by atoms with Gasteiger partial charge in [0.05, 0.1) is 6.61 Å². The van der Waals surface area contributed by atoms with Crippen LogP contribution in [0.2, 0.25) is 0 Å². The first-order chi connectivity index (χ1) is 10.3. The van der Waals surface area contributed by atoms with Crippen LogP contribution in [0.25, 0.3) is 5.95 Å². The number of nitrogens with one attached hydrogen (secondary N) is 1. The number of ether oxygens (including phenoxy) is 1. The van der Waals surface area contributed by atoms with Gasteiger partial charge in [0.1, 0.15) is 0 Å². The van der Waals surface area contributed by atoms with Gasteiger partial charge in [-0.3, -0.25) is 0 Å². The molecule has 0 aliphatic rings. The second-order valence-corrected chi connectivity index (χ2v) is 4.31. The van der Waals surface area contributed by atoms with E-state index < -0.39 is 0 Å². The lowest BCUT2D eigenvalue weighted by molar-refractivity contribution is 0.205. The molecule has 0 unspecified atom stereocenters. The molecule has 0 bridgehead atoms. The van der Waals surface area contributed by atoms with Gasteiger partial charge in [-0.2, -0.15) is 20.1 Å². The van der Waals surface area contributed by atoms with Crippen LogP contribution in [0.4, 0.5) is 11.9 Å². The topological polar surface area (TPSA) is 81.0 Å². The average Bonchev–Trinajstić information content (AvgIpc) is 3.02. The molecule has 0 fully saturated rings. The van der Waals surface area contributed by atoms with Gasteiger partial charge in [0.2, 0.25) is 11.9 Å². The fourth-order valence-electron chi connectivity index (χ4n) is 1.82. The largest absolute Gasteiger partial charge is 0.383 e. The molecule has 0 aliphatic heterocycles. The van der Waals surface area contributed by atoms with Crippen LogP contribution in [0.3, 0.4) is 0 Å². The molecule has 2 aromatic rings. The Balaban J connectivity index is 2.34. The molecule has 8 nitrogen and oxygen atoms in total. The van der Waals surface area contributed by atoms with Crippen molar-refractivity contribution in [1.82, 2.24) is 24.7 Å². The summed E-state index contributed by atoms with van der Waals surface area (Å²) in [5.74, 6) is 1.66. The predicted octanol–water partition coefficient (Wildman–Crippen LogP) is 0.962. The lowest BCUT2D eigenvalue weighted by atomic mass is 10.5. The Morgan fingerprint density at radius 2 is 2.14 bits per heavy atom. The normalized spacial score (nSPS) is 10.6. The molecule has 0 saturated carbocycles. The van der Waals surface area contributed by atoms with Crippen LogP contribution in [-0.4, -0.2) is 58.1 Å². The summed E-state index contributed by atoms with van der Waals surface area (Å²) in [5.41, 5.74) is 0. The number of hydrogen-bond donors (Lipinski definition) is 1. The third kappa shape index (κ3) is 3.88. The zero-order valence-electron chi connectivity index (χ0n) is 12.7. The van der Waals surface area contributed by atoms with Crippen molar-refractivity contribution in [2.75, 3.05) is 43.6 Å². The van der Waals surface area contributed by atoms with E-state index in [0.29, 0.717) is 24.5 Å².